The van der Waals surface area contributed by atoms with Crippen molar-refractivity contribution in [3.05, 3.63) is 30.1 Å². The van der Waals surface area contributed by atoms with Crippen molar-refractivity contribution in [2.45, 2.75) is 38.2 Å². The van der Waals surface area contributed by atoms with Gasteiger partial charge in [-0.1, -0.05) is 0 Å². The molecule has 0 radical (unpaired) electrons. The van der Waals surface area contributed by atoms with Crippen LogP contribution in [-0.4, -0.2) is 52.4 Å². The number of anilines is 3. The van der Waals surface area contributed by atoms with Crippen molar-refractivity contribution in [1.82, 2.24) is 20.1 Å². The van der Waals surface area contributed by atoms with E-state index in [2.05, 4.69) is 26.8 Å². The van der Waals surface area contributed by atoms with Gasteiger partial charge in [0.05, 0.1) is 12.2 Å². The largest absolute Gasteiger partial charge is 0.376 e. The maximum atomic E-state index is 13.1. The number of aromatic nitrogens is 3. The van der Waals surface area contributed by atoms with Crippen LogP contribution in [0.1, 0.15) is 42.6 Å². The first-order chi connectivity index (χ1) is 16.0. The van der Waals surface area contributed by atoms with Crippen LogP contribution < -0.4 is 15.5 Å². The zero-order valence-corrected chi connectivity index (χ0v) is 18.6. The average Bonchev–Trinajstić information content (AvgIpc) is 3.25. The Morgan fingerprint density at radius 3 is 2.91 bits per heavy atom. The first-order valence-electron chi connectivity index (χ1n) is 11.4. The van der Waals surface area contributed by atoms with Crippen LogP contribution in [0.2, 0.25) is 0 Å². The van der Waals surface area contributed by atoms with Crippen LogP contribution in [-0.2, 0) is 16.6 Å². The molecule has 2 aromatic heterocycles. The van der Waals surface area contributed by atoms with Crippen LogP contribution >= 0.6 is 0 Å². The third-order valence-corrected chi connectivity index (χ3v) is 6.77. The molecule has 2 N–H and O–H groups in total. The van der Waals surface area contributed by atoms with E-state index in [1.165, 1.54) is 4.68 Å². The summed E-state index contributed by atoms with van der Waals surface area (Å²) in [5.41, 5.74) is 0.231. The fraction of sp³-hybridized carbons (Fsp3) is 0.522. The lowest BCUT2D eigenvalue weighted by atomic mass is 9.83. The molecule has 33 heavy (non-hydrogen) atoms. The van der Waals surface area contributed by atoms with Gasteiger partial charge in [-0.2, -0.15) is 10.4 Å². The summed E-state index contributed by atoms with van der Waals surface area (Å²) in [6, 6.07) is 7.51. The Morgan fingerprint density at radius 2 is 2.18 bits per heavy atom. The van der Waals surface area contributed by atoms with Gasteiger partial charge in [-0.05, 0) is 44.1 Å². The van der Waals surface area contributed by atoms with Crippen LogP contribution in [0.3, 0.4) is 0 Å². The van der Waals surface area contributed by atoms with E-state index in [9.17, 15) is 14.9 Å². The fourth-order valence-electron chi connectivity index (χ4n) is 4.76. The van der Waals surface area contributed by atoms with Crippen molar-refractivity contribution in [1.29, 1.82) is 5.26 Å². The van der Waals surface area contributed by atoms with Crippen LogP contribution in [0.4, 0.5) is 17.3 Å². The van der Waals surface area contributed by atoms with Crippen LogP contribution in [0.15, 0.2) is 24.4 Å². The van der Waals surface area contributed by atoms with Crippen LogP contribution in [0, 0.1) is 22.7 Å². The predicted molar refractivity (Wildman–Crippen MR) is 120 cm³/mol. The topological polar surface area (TPSA) is 125 Å². The number of rotatable bonds is 7. The maximum absolute atomic E-state index is 13.1. The quantitative estimate of drug-likeness (QED) is 0.663. The molecule has 5 rings (SSSR count). The van der Waals surface area contributed by atoms with E-state index in [1.807, 2.05) is 0 Å². The molecule has 0 aromatic carbocycles. The zero-order chi connectivity index (χ0) is 23.0. The second-order valence-electron chi connectivity index (χ2n) is 8.97. The molecule has 4 heterocycles. The first-order valence-corrected chi connectivity index (χ1v) is 11.4. The van der Waals surface area contributed by atoms with Crippen LogP contribution in [0.5, 0.6) is 0 Å². The molecular formula is C23H27N7O3. The van der Waals surface area contributed by atoms with Gasteiger partial charge in [0.15, 0.2) is 5.82 Å². The number of pyridine rings is 1. The Labute approximate surface area is 191 Å². The number of carbonyl (C=O) groups excluding carboxylic acids is 2. The number of nitrogens with zero attached hydrogens (tertiary/aromatic N) is 5. The summed E-state index contributed by atoms with van der Waals surface area (Å²) in [6.45, 7) is 1.74. The van der Waals surface area contributed by atoms with E-state index < -0.39 is 5.41 Å². The molecule has 1 aliphatic carbocycles. The van der Waals surface area contributed by atoms with Gasteiger partial charge in [0.1, 0.15) is 16.9 Å². The number of nitrogens with one attached hydrogen (secondary N) is 2. The minimum absolute atomic E-state index is 0.0692. The van der Waals surface area contributed by atoms with E-state index in [4.69, 9.17) is 4.74 Å². The van der Waals surface area contributed by atoms with E-state index in [0.717, 1.165) is 32.3 Å². The Bertz CT molecular complexity index is 1110. The number of ether oxygens (including phenoxy) is 1. The summed E-state index contributed by atoms with van der Waals surface area (Å²) in [5, 5.41) is 20.1. The van der Waals surface area contributed by atoms with E-state index in [0.29, 0.717) is 42.5 Å². The van der Waals surface area contributed by atoms with Gasteiger partial charge in [-0.3, -0.25) is 14.3 Å². The summed E-state index contributed by atoms with van der Waals surface area (Å²) in [6.07, 6.45) is 6.11. The Kier molecular flexibility index (Phi) is 5.50. The van der Waals surface area contributed by atoms with E-state index >= 15 is 0 Å². The lowest BCUT2D eigenvalue weighted by Crippen LogP contribution is -2.35. The Hall–Kier alpha value is -3.45. The lowest BCUT2D eigenvalue weighted by molar-refractivity contribution is -0.123. The molecule has 0 bridgehead atoms. The number of amides is 2. The van der Waals surface area contributed by atoms with Crippen molar-refractivity contribution in [2.75, 3.05) is 29.9 Å². The van der Waals surface area contributed by atoms with Gasteiger partial charge in [0.2, 0.25) is 5.91 Å². The molecule has 3 fully saturated rings. The summed E-state index contributed by atoms with van der Waals surface area (Å²) < 4.78 is 7.06. The summed E-state index contributed by atoms with van der Waals surface area (Å²) in [5.74, 6) is 0.823. The van der Waals surface area contributed by atoms with E-state index in [1.54, 1.807) is 36.3 Å². The molecule has 10 heteroatoms. The van der Waals surface area contributed by atoms with Crippen molar-refractivity contribution >= 4 is 29.1 Å². The highest BCUT2D eigenvalue weighted by Gasteiger charge is 2.56. The minimum Gasteiger partial charge on any atom is -0.376 e. The molecule has 3 aliphatic rings. The highest BCUT2D eigenvalue weighted by molar-refractivity contribution is 6.02. The number of aryl methyl sites for hydroxylation is 1. The molecule has 2 saturated heterocycles. The summed E-state index contributed by atoms with van der Waals surface area (Å²) in [4.78, 5) is 31.6. The molecular weight excluding hydrogens is 422 g/mol. The standard InChI is InChI=1S/C23H27N7O3/c1-29-18(21(31)26-13-17-3-2-10-33-17)12-20(28-29)27-19-11-16(6-8-25-19)30-9-7-23(14-24,22(30)32)15-4-5-15/h6,8,11-12,15,17H,2-5,7,9-10,13H2,1H3,(H,26,31)(H,25,27,28)/t17-,23+/m0/s1. The van der Waals surface area contributed by atoms with Crippen molar-refractivity contribution in [2.24, 2.45) is 18.4 Å². The van der Waals surface area contributed by atoms with Crippen molar-refractivity contribution in [3.8, 4) is 6.07 Å². The number of carbonyl (C=O) groups is 2. The van der Waals surface area contributed by atoms with Crippen molar-refractivity contribution in [3.63, 3.8) is 0 Å². The van der Waals surface area contributed by atoms with Gasteiger partial charge in [0.25, 0.3) is 5.91 Å². The SMILES string of the molecule is Cn1nc(Nc2cc(N3CC[C@@](C#N)(C4CC4)C3=O)ccn2)cc1C(=O)NC[C@@H]1CCCO1. The molecule has 2 atom stereocenters. The Morgan fingerprint density at radius 1 is 1.33 bits per heavy atom. The second-order valence-corrected chi connectivity index (χ2v) is 8.97. The molecule has 2 aromatic rings. The van der Waals surface area contributed by atoms with Gasteiger partial charge in [-0.25, -0.2) is 4.98 Å². The van der Waals surface area contributed by atoms with Crippen LogP contribution in [0.25, 0.3) is 0 Å². The van der Waals surface area contributed by atoms with Gasteiger partial charge in [-0.15, -0.1) is 0 Å². The smallest absolute Gasteiger partial charge is 0.269 e. The summed E-state index contributed by atoms with van der Waals surface area (Å²) >= 11 is 0. The summed E-state index contributed by atoms with van der Waals surface area (Å²) in [7, 11) is 1.71. The molecule has 172 valence electrons. The third kappa shape index (κ3) is 4.04. The maximum Gasteiger partial charge on any atom is 0.269 e. The minimum atomic E-state index is -0.885. The zero-order valence-electron chi connectivity index (χ0n) is 18.6. The molecule has 0 unspecified atom stereocenters. The predicted octanol–water partition coefficient (Wildman–Crippen LogP) is 2.12. The number of hydrogen-bond acceptors (Lipinski definition) is 7. The van der Waals surface area contributed by atoms with Gasteiger partial charge >= 0.3 is 0 Å². The molecule has 1 saturated carbocycles. The monoisotopic (exact) mass is 449 g/mol. The first kappa shape index (κ1) is 21.4. The normalized spacial score (nSPS) is 24.7. The number of hydrogen-bond donors (Lipinski definition) is 2. The van der Waals surface area contributed by atoms with E-state index in [-0.39, 0.29) is 23.8 Å². The third-order valence-electron chi connectivity index (χ3n) is 6.77. The fourth-order valence-corrected chi connectivity index (χ4v) is 4.76. The Balaban J connectivity index is 1.27. The molecule has 2 amide bonds. The highest BCUT2D eigenvalue weighted by Crippen LogP contribution is 2.51. The molecule has 10 nitrogen and oxygen atoms in total. The second kappa shape index (κ2) is 8.48. The van der Waals surface area contributed by atoms with Gasteiger partial charge in [0, 0.05) is 50.8 Å². The molecule has 2 aliphatic heterocycles. The highest BCUT2D eigenvalue weighted by atomic mass is 16.5. The average molecular weight is 450 g/mol. The van der Waals surface area contributed by atoms with Crippen molar-refractivity contribution < 1.29 is 14.3 Å². The molecule has 0 spiro atoms. The van der Waals surface area contributed by atoms with Gasteiger partial charge < -0.3 is 20.3 Å². The number of nitriles is 1. The lowest BCUT2D eigenvalue weighted by Gasteiger charge is -2.21.